The molecule has 0 bridgehead atoms. The van der Waals surface area contributed by atoms with E-state index in [0.29, 0.717) is 21.7 Å². The number of hydrogen-bond donors (Lipinski definition) is 2. The van der Waals surface area contributed by atoms with E-state index in [9.17, 15) is 0 Å². The number of nitrogens with zero attached hydrogens (tertiary/aromatic N) is 4. The molecule has 0 spiro atoms. The highest BCUT2D eigenvalue weighted by Gasteiger charge is 2.17. The molecule has 0 radical (unpaired) electrons. The predicted molar refractivity (Wildman–Crippen MR) is 128 cm³/mol. The zero-order valence-corrected chi connectivity index (χ0v) is 20.1. The van der Waals surface area contributed by atoms with E-state index in [0.717, 1.165) is 40.4 Å². The van der Waals surface area contributed by atoms with Crippen LogP contribution in [0.2, 0.25) is 10.0 Å². The van der Waals surface area contributed by atoms with Gasteiger partial charge in [0.1, 0.15) is 0 Å². The summed E-state index contributed by atoms with van der Waals surface area (Å²) in [5.41, 5.74) is 5.93. The highest BCUT2D eigenvalue weighted by Crippen LogP contribution is 2.25. The Hall–Kier alpha value is -2.09. The van der Waals surface area contributed by atoms with E-state index < -0.39 is 0 Å². The quantitative estimate of drug-likeness (QED) is 0.476. The average Bonchev–Trinajstić information content (AvgIpc) is 3.19. The molecule has 1 unspecified atom stereocenters. The molecule has 6 nitrogen and oxygen atoms in total. The fourth-order valence-electron chi connectivity index (χ4n) is 3.39. The Balaban J connectivity index is 1.71. The fourth-order valence-corrected chi connectivity index (χ4v) is 3.99. The first-order valence-corrected chi connectivity index (χ1v) is 10.9. The zero-order valence-electron chi connectivity index (χ0n) is 17.8. The first-order chi connectivity index (χ1) is 14.2. The van der Waals surface area contributed by atoms with Gasteiger partial charge in [-0.1, -0.05) is 29.3 Å². The van der Waals surface area contributed by atoms with Crippen LogP contribution in [0, 0.1) is 20.8 Å². The van der Waals surface area contributed by atoms with Crippen LogP contribution < -0.4 is 10.6 Å². The van der Waals surface area contributed by atoms with Gasteiger partial charge >= 0.3 is 0 Å². The SMILES string of the molecule is CCn1cc(C(C)NC(=S)Nc2c(C)nn(Cc3ccc(Cl)c(Cl)c3)c2C)c(C)n1. The molecule has 2 heterocycles. The fraction of sp³-hybridized carbons (Fsp3) is 0.381. The molecule has 9 heteroatoms. The number of rotatable bonds is 6. The molecular formula is C21H26Cl2N6S. The summed E-state index contributed by atoms with van der Waals surface area (Å²) in [6.07, 6.45) is 2.06. The molecule has 1 atom stereocenters. The van der Waals surface area contributed by atoms with Crippen LogP contribution in [0.15, 0.2) is 24.4 Å². The standard InChI is InChI=1S/C21H26Cl2N6S/c1-6-28-11-17(13(3)26-28)12(2)24-21(30)25-20-14(4)27-29(15(20)5)10-16-7-8-18(22)19(23)9-16/h7-9,11-12H,6,10H2,1-5H3,(H2,24,25,30). The lowest BCUT2D eigenvalue weighted by molar-refractivity contribution is 0.651. The molecule has 160 valence electrons. The molecule has 0 aliphatic heterocycles. The smallest absolute Gasteiger partial charge is 0.171 e. The van der Waals surface area contributed by atoms with Gasteiger partial charge in [0, 0.05) is 18.3 Å². The maximum Gasteiger partial charge on any atom is 0.171 e. The summed E-state index contributed by atoms with van der Waals surface area (Å²) in [4.78, 5) is 0. The van der Waals surface area contributed by atoms with E-state index >= 15 is 0 Å². The molecule has 0 saturated heterocycles. The zero-order chi connectivity index (χ0) is 22.0. The molecule has 0 amide bonds. The second-order valence-corrected chi connectivity index (χ2v) is 8.52. The van der Waals surface area contributed by atoms with Gasteiger partial charge < -0.3 is 10.6 Å². The largest absolute Gasteiger partial charge is 0.356 e. The minimum absolute atomic E-state index is 0.0390. The summed E-state index contributed by atoms with van der Waals surface area (Å²) in [5.74, 6) is 0. The number of benzene rings is 1. The summed E-state index contributed by atoms with van der Waals surface area (Å²) in [7, 11) is 0. The topological polar surface area (TPSA) is 59.7 Å². The monoisotopic (exact) mass is 464 g/mol. The summed E-state index contributed by atoms with van der Waals surface area (Å²) in [5, 5.41) is 17.4. The van der Waals surface area contributed by atoms with E-state index in [1.54, 1.807) is 6.07 Å². The summed E-state index contributed by atoms with van der Waals surface area (Å²) < 4.78 is 3.86. The van der Waals surface area contributed by atoms with Crippen molar-refractivity contribution in [3.8, 4) is 0 Å². The Labute approximate surface area is 192 Å². The molecule has 2 aromatic heterocycles. The molecule has 0 saturated carbocycles. The summed E-state index contributed by atoms with van der Waals surface area (Å²) in [6.45, 7) is 11.6. The lowest BCUT2D eigenvalue weighted by atomic mass is 10.1. The first-order valence-electron chi connectivity index (χ1n) is 9.79. The Morgan fingerprint density at radius 1 is 1.13 bits per heavy atom. The molecule has 0 aliphatic rings. The Morgan fingerprint density at radius 2 is 1.87 bits per heavy atom. The molecule has 0 aliphatic carbocycles. The average molecular weight is 465 g/mol. The summed E-state index contributed by atoms with van der Waals surface area (Å²) >= 11 is 17.7. The highest BCUT2D eigenvalue weighted by atomic mass is 35.5. The Kier molecular flexibility index (Phi) is 7.06. The van der Waals surface area contributed by atoms with Gasteiger partial charge in [-0.05, 0) is 64.5 Å². The minimum Gasteiger partial charge on any atom is -0.356 e. The van der Waals surface area contributed by atoms with Crippen LogP contribution in [0.3, 0.4) is 0 Å². The molecular weight excluding hydrogens is 439 g/mol. The normalized spacial score (nSPS) is 12.1. The van der Waals surface area contributed by atoms with E-state index in [1.165, 1.54) is 0 Å². The molecule has 3 aromatic rings. The van der Waals surface area contributed by atoms with Crippen molar-refractivity contribution < 1.29 is 0 Å². The molecule has 3 rings (SSSR count). The van der Waals surface area contributed by atoms with Crippen LogP contribution in [0.4, 0.5) is 5.69 Å². The van der Waals surface area contributed by atoms with E-state index in [-0.39, 0.29) is 6.04 Å². The van der Waals surface area contributed by atoms with Crippen molar-refractivity contribution >= 4 is 46.2 Å². The predicted octanol–water partition coefficient (Wildman–Crippen LogP) is 5.43. The van der Waals surface area contributed by atoms with Crippen molar-refractivity contribution in [2.24, 2.45) is 0 Å². The molecule has 30 heavy (non-hydrogen) atoms. The Bertz CT molecular complexity index is 1070. The third kappa shape index (κ3) is 4.96. The molecule has 1 aromatic carbocycles. The van der Waals surface area contributed by atoms with Gasteiger partial charge in [0.2, 0.25) is 0 Å². The van der Waals surface area contributed by atoms with Crippen LogP contribution in [0.5, 0.6) is 0 Å². The van der Waals surface area contributed by atoms with Crippen molar-refractivity contribution in [3.63, 3.8) is 0 Å². The van der Waals surface area contributed by atoms with Crippen LogP contribution in [0.1, 0.15) is 48.1 Å². The van der Waals surface area contributed by atoms with E-state index in [2.05, 4.69) is 40.9 Å². The number of thiocarbonyl (C=S) groups is 1. The summed E-state index contributed by atoms with van der Waals surface area (Å²) in [6, 6.07) is 5.65. The van der Waals surface area contributed by atoms with Gasteiger partial charge in [0.15, 0.2) is 5.11 Å². The maximum absolute atomic E-state index is 6.14. The van der Waals surface area contributed by atoms with Gasteiger partial charge in [-0.3, -0.25) is 9.36 Å². The lowest BCUT2D eigenvalue weighted by Gasteiger charge is -2.17. The number of aryl methyl sites for hydroxylation is 3. The second kappa shape index (κ2) is 9.37. The van der Waals surface area contributed by atoms with Gasteiger partial charge in [-0.25, -0.2) is 0 Å². The van der Waals surface area contributed by atoms with Gasteiger partial charge in [0.05, 0.1) is 45.4 Å². The van der Waals surface area contributed by atoms with Crippen molar-refractivity contribution in [1.82, 2.24) is 24.9 Å². The number of halogens is 2. The number of anilines is 1. The van der Waals surface area contributed by atoms with Crippen LogP contribution in [-0.2, 0) is 13.1 Å². The first kappa shape index (κ1) is 22.6. The van der Waals surface area contributed by atoms with Crippen molar-refractivity contribution in [1.29, 1.82) is 0 Å². The van der Waals surface area contributed by atoms with E-state index in [1.807, 2.05) is 42.3 Å². The lowest BCUT2D eigenvalue weighted by Crippen LogP contribution is -2.31. The second-order valence-electron chi connectivity index (χ2n) is 7.30. The number of hydrogen-bond acceptors (Lipinski definition) is 3. The van der Waals surface area contributed by atoms with Crippen LogP contribution >= 0.6 is 35.4 Å². The third-order valence-electron chi connectivity index (χ3n) is 5.06. The van der Waals surface area contributed by atoms with E-state index in [4.69, 9.17) is 35.4 Å². The van der Waals surface area contributed by atoms with Crippen molar-refractivity contribution in [3.05, 3.63) is 62.6 Å². The van der Waals surface area contributed by atoms with Gasteiger partial charge in [-0.15, -0.1) is 0 Å². The maximum atomic E-state index is 6.14. The minimum atomic E-state index is 0.0390. The Morgan fingerprint density at radius 3 is 2.50 bits per heavy atom. The number of nitrogens with one attached hydrogen (secondary N) is 2. The third-order valence-corrected chi connectivity index (χ3v) is 6.02. The molecule has 0 fully saturated rings. The highest BCUT2D eigenvalue weighted by molar-refractivity contribution is 7.80. The molecule has 2 N–H and O–H groups in total. The van der Waals surface area contributed by atoms with Crippen molar-refractivity contribution in [2.75, 3.05) is 5.32 Å². The van der Waals surface area contributed by atoms with Crippen molar-refractivity contribution in [2.45, 2.75) is 53.8 Å². The number of aromatic nitrogens is 4. The van der Waals surface area contributed by atoms with Crippen LogP contribution in [-0.4, -0.2) is 24.7 Å². The van der Waals surface area contributed by atoms with Gasteiger partial charge in [-0.2, -0.15) is 10.2 Å². The van der Waals surface area contributed by atoms with Gasteiger partial charge in [0.25, 0.3) is 0 Å². The van der Waals surface area contributed by atoms with Crippen LogP contribution in [0.25, 0.3) is 0 Å².